The van der Waals surface area contributed by atoms with Crippen molar-refractivity contribution in [3.05, 3.63) is 42.4 Å². The summed E-state index contributed by atoms with van der Waals surface area (Å²) in [7, 11) is 0. The number of rotatable bonds is 5. The summed E-state index contributed by atoms with van der Waals surface area (Å²) >= 11 is 0. The topological polar surface area (TPSA) is 92.8 Å². The minimum absolute atomic E-state index is 0.0168. The minimum atomic E-state index is -0.0168. The maximum atomic E-state index is 12.0. The molecule has 1 N–H and O–H groups in total. The molecule has 1 fully saturated rings. The Morgan fingerprint density at radius 3 is 2.83 bits per heavy atom. The lowest BCUT2D eigenvalue weighted by Crippen LogP contribution is -2.41. The second kappa shape index (κ2) is 7.59. The Balaban J connectivity index is 1.42. The molecule has 0 bridgehead atoms. The molecule has 1 aliphatic rings. The summed E-state index contributed by atoms with van der Waals surface area (Å²) in [6, 6.07) is 7.43. The van der Waals surface area contributed by atoms with Crippen LogP contribution in [-0.4, -0.2) is 32.8 Å². The normalized spacial score (nSPS) is 20.1. The highest BCUT2D eigenvalue weighted by Gasteiger charge is 2.24. The number of nitrogens with zero attached hydrogens (tertiary/aromatic N) is 4. The van der Waals surface area contributed by atoms with E-state index in [9.17, 15) is 4.79 Å². The lowest BCUT2D eigenvalue weighted by Gasteiger charge is -2.29. The second-order valence-corrected chi connectivity index (χ2v) is 5.86. The van der Waals surface area contributed by atoms with E-state index in [1.807, 2.05) is 6.07 Å². The molecule has 2 aromatic rings. The molecular weight excluding hydrogens is 306 g/mol. The number of carbonyl (C=O) groups is 1. The lowest BCUT2D eigenvalue weighted by molar-refractivity contribution is -0.122. The Labute approximate surface area is 140 Å². The molecule has 0 aliphatic heterocycles. The van der Waals surface area contributed by atoms with E-state index in [-0.39, 0.29) is 24.6 Å². The van der Waals surface area contributed by atoms with Crippen LogP contribution in [0.3, 0.4) is 0 Å². The van der Waals surface area contributed by atoms with Crippen LogP contribution in [0.2, 0.25) is 0 Å². The van der Waals surface area contributed by atoms with Gasteiger partial charge in [-0.25, -0.2) is 4.98 Å². The number of nitrogens with one attached hydrogen (secondary N) is 1. The first-order chi connectivity index (χ1) is 11.7. The average molecular weight is 325 g/mol. The molecule has 1 aliphatic carbocycles. The Kier molecular flexibility index (Phi) is 5.06. The Morgan fingerprint density at radius 2 is 2.21 bits per heavy atom. The predicted molar refractivity (Wildman–Crippen MR) is 86.0 cm³/mol. The summed E-state index contributed by atoms with van der Waals surface area (Å²) < 4.78 is 7.46. The summed E-state index contributed by atoms with van der Waals surface area (Å²) in [4.78, 5) is 16.1. The van der Waals surface area contributed by atoms with Crippen LogP contribution in [0.15, 0.2) is 36.8 Å². The van der Waals surface area contributed by atoms with Crippen LogP contribution in [0.1, 0.15) is 31.2 Å². The first kappa shape index (κ1) is 16.0. The molecule has 2 heterocycles. The van der Waals surface area contributed by atoms with Crippen LogP contribution in [0.5, 0.6) is 5.88 Å². The standard InChI is InChI=1S/C17H19N5O2/c18-10-13-2-7-17(19-11-13)24-15-5-3-14(4-6-15)21-16(23)12-22-9-1-8-20-22/h1-2,7-9,11,14-15H,3-6,12H2,(H,21,23). The van der Waals surface area contributed by atoms with Gasteiger partial charge in [0.2, 0.25) is 11.8 Å². The van der Waals surface area contributed by atoms with Crippen LogP contribution in [0, 0.1) is 11.3 Å². The lowest BCUT2D eigenvalue weighted by atomic mass is 9.93. The molecule has 0 aromatic carbocycles. The number of ether oxygens (including phenoxy) is 1. The van der Waals surface area contributed by atoms with Crippen LogP contribution in [-0.2, 0) is 11.3 Å². The highest BCUT2D eigenvalue weighted by Crippen LogP contribution is 2.23. The van der Waals surface area contributed by atoms with Crippen LogP contribution in [0.4, 0.5) is 0 Å². The van der Waals surface area contributed by atoms with Gasteiger partial charge in [-0.15, -0.1) is 0 Å². The largest absolute Gasteiger partial charge is 0.474 e. The van der Waals surface area contributed by atoms with Crippen molar-refractivity contribution >= 4 is 5.91 Å². The zero-order valence-electron chi connectivity index (χ0n) is 13.3. The molecule has 7 heteroatoms. The predicted octanol–water partition coefficient (Wildman–Crippen LogP) is 1.66. The van der Waals surface area contributed by atoms with Gasteiger partial charge in [-0.1, -0.05) is 0 Å². The van der Waals surface area contributed by atoms with Gasteiger partial charge >= 0.3 is 0 Å². The first-order valence-corrected chi connectivity index (χ1v) is 8.02. The molecule has 124 valence electrons. The number of aromatic nitrogens is 3. The van der Waals surface area contributed by atoms with Gasteiger partial charge in [-0.05, 0) is 37.8 Å². The number of amides is 1. The Morgan fingerprint density at radius 1 is 1.38 bits per heavy atom. The number of nitriles is 1. The van der Waals surface area contributed by atoms with Crippen molar-refractivity contribution in [1.82, 2.24) is 20.1 Å². The highest BCUT2D eigenvalue weighted by atomic mass is 16.5. The van der Waals surface area contributed by atoms with E-state index in [2.05, 4.69) is 15.4 Å². The SMILES string of the molecule is N#Cc1ccc(OC2CCC(NC(=O)Cn3cccn3)CC2)nc1. The van der Waals surface area contributed by atoms with E-state index in [0.29, 0.717) is 11.4 Å². The third-order valence-corrected chi connectivity index (χ3v) is 4.06. The Hall–Kier alpha value is -2.88. The Bertz CT molecular complexity index is 698. The molecule has 7 nitrogen and oxygen atoms in total. The monoisotopic (exact) mass is 325 g/mol. The number of hydrogen-bond acceptors (Lipinski definition) is 5. The van der Waals surface area contributed by atoms with Crippen molar-refractivity contribution in [2.45, 2.75) is 44.4 Å². The number of pyridine rings is 1. The summed E-state index contributed by atoms with van der Waals surface area (Å²) in [6.07, 6.45) is 8.54. The summed E-state index contributed by atoms with van der Waals surface area (Å²) in [5.41, 5.74) is 0.519. The van der Waals surface area contributed by atoms with Crippen molar-refractivity contribution in [3.8, 4) is 11.9 Å². The van der Waals surface area contributed by atoms with E-state index in [1.165, 1.54) is 6.20 Å². The number of hydrogen-bond donors (Lipinski definition) is 1. The zero-order valence-corrected chi connectivity index (χ0v) is 13.3. The van der Waals surface area contributed by atoms with E-state index in [4.69, 9.17) is 10.00 Å². The molecular formula is C17H19N5O2. The fraction of sp³-hybridized carbons (Fsp3) is 0.412. The molecule has 0 saturated heterocycles. The average Bonchev–Trinajstić information content (AvgIpc) is 3.10. The van der Waals surface area contributed by atoms with Crippen LogP contribution >= 0.6 is 0 Å². The van der Waals surface area contributed by atoms with Crippen molar-refractivity contribution < 1.29 is 9.53 Å². The van der Waals surface area contributed by atoms with Gasteiger partial charge in [0.1, 0.15) is 18.7 Å². The molecule has 1 saturated carbocycles. The van der Waals surface area contributed by atoms with E-state index in [0.717, 1.165) is 25.7 Å². The second-order valence-electron chi connectivity index (χ2n) is 5.86. The van der Waals surface area contributed by atoms with Gasteiger partial charge in [0, 0.05) is 30.7 Å². The van der Waals surface area contributed by atoms with Crippen molar-refractivity contribution in [3.63, 3.8) is 0 Å². The van der Waals surface area contributed by atoms with Gasteiger partial charge < -0.3 is 10.1 Å². The van der Waals surface area contributed by atoms with Crippen molar-refractivity contribution in [2.24, 2.45) is 0 Å². The smallest absolute Gasteiger partial charge is 0.241 e. The molecule has 1 amide bonds. The first-order valence-electron chi connectivity index (χ1n) is 8.02. The van der Waals surface area contributed by atoms with Crippen LogP contribution in [0.25, 0.3) is 0 Å². The van der Waals surface area contributed by atoms with Gasteiger partial charge in [0.25, 0.3) is 0 Å². The fourth-order valence-corrected chi connectivity index (χ4v) is 2.83. The molecule has 0 atom stereocenters. The van der Waals surface area contributed by atoms with Gasteiger partial charge in [0.15, 0.2) is 0 Å². The van der Waals surface area contributed by atoms with E-state index >= 15 is 0 Å². The maximum Gasteiger partial charge on any atom is 0.241 e. The molecule has 0 radical (unpaired) electrons. The molecule has 3 rings (SSSR count). The summed E-state index contributed by atoms with van der Waals surface area (Å²) in [5, 5.41) is 15.8. The third kappa shape index (κ3) is 4.32. The molecule has 0 spiro atoms. The minimum Gasteiger partial charge on any atom is -0.474 e. The quantitative estimate of drug-likeness (QED) is 0.902. The summed E-state index contributed by atoms with van der Waals surface area (Å²) in [5.74, 6) is 0.525. The maximum absolute atomic E-state index is 12.0. The van der Waals surface area contributed by atoms with E-state index < -0.39 is 0 Å². The zero-order chi connectivity index (χ0) is 16.8. The van der Waals surface area contributed by atoms with Gasteiger partial charge in [0.05, 0.1) is 5.56 Å². The van der Waals surface area contributed by atoms with Crippen molar-refractivity contribution in [1.29, 1.82) is 5.26 Å². The molecule has 24 heavy (non-hydrogen) atoms. The van der Waals surface area contributed by atoms with Gasteiger partial charge in [-0.3, -0.25) is 9.48 Å². The fourth-order valence-electron chi connectivity index (χ4n) is 2.83. The third-order valence-electron chi connectivity index (χ3n) is 4.06. The molecule has 2 aromatic heterocycles. The van der Waals surface area contributed by atoms with E-state index in [1.54, 1.807) is 35.3 Å². The summed E-state index contributed by atoms with van der Waals surface area (Å²) in [6.45, 7) is 0.249. The van der Waals surface area contributed by atoms with Crippen LogP contribution < -0.4 is 10.1 Å². The number of carbonyl (C=O) groups excluding carboxylic acids is 1. The van der Waals surface area contributed by atoms with Gasteiger partial charge in [-0.2, -0.15) is 10.4 Å². The highest BCUT2D eigenvalue weighted by molar-refractivity contribution is 5.75. The molecule has 0 unspecified atom stereocenters. The van der Waals surface area contributed by atoms with Crippen molar-refractivity contribution in [2.75, 3.05) is 0 Å².